The van der Waals surface area contributed by atoms with Gasteiger partial charge in [-0.1, -0.05) is 65.2 Å². The molecule has 0 atom stereocenters. The molecular weight excluding hydrogens is 234 g/mol. The SMILES string of the molecule is CCCCCCC(C)(CCCCCC)NCCOC. The van der Waals surface area contributed by atoms with Gasteiger partial charge in [-0.3, -0.25) is 0 Å². The molecule has 0 amide bonds. The van der Waals surface area contributed by atoms with Crippen LogP contribution in [0, 0.1) is 0 Å². The van der Waals surface area contributed by atoms with E-state index in [0.717, 1.165) is 13.2 Å². The molecular formula is C17H37NO. The van der Waals surface area contributed by atoms with Crippen LogP contribution in [-0.4, -0.2) is 25.8 Å². The highest BCUT2D eigenvalue weighted by Crippen LogP contribution is 2.22. The van der Waals surface area contributed by atoms with Crippen LogP contribution in [0.1, 0.15) is 85.0 Å². The van der Waals surface area contributed by atoms with Crippen molar-refractivity contribution >= 4 is 0 Å². The van der Waals surface area contributed by atoms with Crippen LogP contribution in [0.25, 0.3) is 0 Å². The smallest absolute Gasteiger partial charge is 0.0587 e. The van der Waals surface area contributed by atoms with Gasteiger partial charge in [0.1, 0.15) is 0 Å². The zero-order valence-corrected chi connectivity index (χ0v) is 13.9. The van der Waals surface area contributed by atoms with Crippen LogP contribution in [-0.2, 0) is 4.74 Å². The Labute approximate surface area is 121 Å². The Bertz CT molecular complexity index is 170. The molecule has 116 valence electrons. The van der Waals surface area contributed by atoms with Gasteiger partial charge in [0.15, 0.2) is 0 Å². The van der Waals surface area contributed by atoms with Crippen LogP contribution >= 0.6 is 0 Å². The maximum absolute atomic E-state index is 5.16. The molecule has 0 fully saturated rings. The fraction of sp³-hybridized carbons (Fsp3) is 1.00. The Hall–Kier alpha value is -0.0800. The van der Waals surface area contributed by atoms with Gasteiger partial charge in [0.2, 0.25) is 0 Å². The first-order valence-corrected chi connectivity index (χ1v) is 8.42. The predicted molar refractivity (Wildman–Crippen MR) is 85.8 cm³/mol. The van der Waals surface area contributed by atoms with Gasteiger partial charge < -0.3 is 10.1 Å². The Morgan fingerprint density at radius 3 is 1.79 bits per heavy atom. The molecule has 0 heterocycles. The monoisotopic (exact) mass is 271 g/mol. The van der Waals surface area contributed by atoms with E-state index in [-0.39, 0.29) is 0 Å². The normalized spacial score (nSPS) is 12.0. The lowest BCUT2D eigenvalue weighted by Gasteiger charge is -2.31. The molecule has 0 saturated carbocycles. The van der Waals surface area contributed by atoms with Gasteiger partial charge in [-0.25, -0.2) is 0 Å². The summed E-state index contributed by atoms with van der Waals surface area (Å²) in [5.74, 6) is 0. The highest BCUT2D eigenvalue weighted by molar-refractivity contribution is 4.82. The van der Waals surface area contributed by atoms with Gasteiger partial charge in [-0.05, 0) is 19.8 Å². The summed E-state index contributed by atoms with van der Waals surface area (Å²) < 4.78 is 5.16. The van der Waals surface area contributed by atoms with Crippen molar-refractivity contribution in [2.75, 3.05) is 20.3 Å². The zero-order chi connectivity index (χ0) is 14.4. The molecule has 0 aliphatic carbocycles. The molecule has 1 N–H and O–H groups in total. The molecule has 0 aliphatic rings. The lowest BCUT2D eigenvalue weighted by molar-refractivity contribution is 0.179. The fourth-order valence-corrected chi connectivity index (χ4v) is 2.64. The Balaban J connectivity index is 3.96. The summed E-state index contributed by atoms with van der Waals surface area (Å²) in [4.78, 5) is 0. The molecule has 0 rings (SSSR count). The molecule has 0 radical (unpaired) electrons. The van der Waals surface area contributed by atoms with Crippen LogP contribution in [0.4, 0.5) is 0 Å². The second kappa shape index (κ2) is 12.9. The molecule has 0 unspecified atom stereocenters. The van der Waals surface area contributed by atoms with Crippen molar-refractivity contribution < 1.29 is 4.74 Å². The minimum Gasteiger partial charge on any atom is -0.383 e. The van der Waals surface area contributed by atoms with Gasteiger partial charge in [0.25, 0.3) is 0 Å². The predicted octanol–water partition coefficient (Wildman–Crippen LogP) is 4.92. The molecule has 0 spiro atoms. The van der Waals surface area contributed by atoms with Crippen molar-refractivity contribution in [3.05, 3.63) is 0 Å². The van der Waals surface area contributed by atoms with Crippen molar-refractivity contribution in [3.8, 4) is 0 Å². The molecule has 0 aromatic heterocycles. The van der Waals surface area contributed by atoms with Crippen molar-refractivity contribution in [1.82, 2.24) is 5.32 Å². The van der Waals surface area contributed by atoms with Gasteiger partial charge >= 0.3 is 0 Å². The van der Waals surface area contributed by atoms with E-state index >= 15 is 0 Å². The first kappa shape index (κ1) is 18.9. The zero-order valence-electron chi connectivity index (χ0n) is 13.9. The van der Waals surface area contributed by atoms with Crippen LogP contribution in [0.5, 0.6) is 0 Å². The topological polar surface area (TPSA) is 21.3 Å². The van der Waals surface area contributed by atoms with E-state index in [9.17, 15) is 0 Å². The van der Waals surface area contributed by atoms with Gasteiger partial charge in [-0.2, -0.15) is 0 Å². The molecule has 0 aromatic rings. The first-order valence-electron chi connectivity index (χ1n) is 8.42. The largest absolute Gasteiger partial charge is 0.383 e. The maximum Gasteiger partial charge on any atom is 0.0587 e. The number of unbranched alkanes of at least 4 members (excludes halogenated alkanes) is 6. The molecule has 2 nitrogen and oxygen atoms in total. The average Bonchev–Trinajstić information content (AvgIpc) is 2.41. The lowest BCUT2D eigenvalue weighted by Crippen LogP contribution is -2.43. The summed E-state index contributed by atoms with van der Waals surface area (Å²) in [6.07, 6.45) is 13.5. The standard InChI is InChI=1S/C17H37NO/c1-5-7-9-11-13-17(3,18-15-16-19-4)14-12-10-8-6-2/h18H,5-16H2,1-4H3. The molecule has 19 heavy (non-hydrogen) atoms. The minimum atomic E-state index is 0.319. The Kier molecular flexibility index (Phi) is 12.9. The van der Waals surface area contributed by atoms with Crippen LogP contribution < -0.4 is 5.32 Å². The summed E-state index contributed by atoms with van der Waals surface area (Å²) in [5, 5.41) is 3.73. The van der Waals surface area contributed by atoms with Crippen LogP contribution in [0.2, 0.25) is 0 Å². The number of nitrogens with one attached hydrogen (secondary N) is 1. The van der Waals surface area contributed by atoms with Gasteiger partial charge in [0.05, 0.1) is 6.61 Å². The minimum absolute atomic E-state index is 0.319. The molecule has 0 aromatic carbocycles. The lowest BCUT2D eigenvalue weighted by atomic mass is 9.88. The van der Waals surface area contributed by atoms with Gasteiger partial charge in [-0.15, -0.1) is 0 Å². The fourth-order valence-electron chi connectivity index (χ4n) is 2.64. The highest BCUT2D eigenvalue weighted by Gasteiger charge is 2.21. The third-order valence-corrected chi connectivity index (χ3v) is 4.02. The van der Waals surface area contributed by atoms with E-state index in [2.05, 4.69) is 26.1 Å². The molecule has 0 aliphatic heterocycles. The second-order valence-corrected chi connectivity index (χ2v) is 6.10. The van der Waals surface area contributed by atoms with E-state index in [1.165, 1.54) is 64.2 Å². The number of ether oxygens (including phenoxy) is 1. The number of rotatable bonds is 14. The number of hydrogen-bond acceptors (Lipinski definition) is 2. The second-order valence-electron chi connectivity index (χ2n) is 6.10. The highest BCUT2D eigenvalue weighted by atomic mass is 16.5. The molecule has 2 heteroatoms. The van der Waals surface area contributed by atoms with Crippen molar-refractivity contribution in [2.24, 2.45) is 0 Å². The summed E-state index contributed by atoms with van der Waals surface area (Å²) >= 11 is 0. The number of hydrogen-bond donors (Lipinski definition) is 1. The van der Waals surface area contributed by atoms with E-state index in [0.29, 0.717) is 5.54 Å². The quantitative estimate of drug-likeness (QED) is 0.453. The number of methoxy groups -OCH3 is 1. The van der Waals surface area contributed by atoms with E-state index in [1.54, 1.807) is 7.11 Å². The summed E-state index contributed by atoms with van der Waals surface area (Å²) in [6, 6.07) is 0. The summed E-state index contributed by atoms with van der Waals surface area (Å²) in [6.45, 7) is 8.76. The maximum atomic E-state index is 5.16. The van der Waals surface area contributed by atoms with Gasteiger partial charge in [0, 0.05) is 19.2 Å². The van der Waals surface area contributed by atoms with Crippen molar-refractivity contribution in [1.29, 1.82) is 0 Å². The van der Waals surface area contributed by atoms with Crippen molar-refractivity contribution in [2.45, 2.75) is 90.5 Å². The average molecular weight is 271 g/mol. The molecule has 0 bridgehead atoms. The summed E-state index contributed by atoms with van der Waals surface area (Å²) in [5.41, 5.74) is 0.319. The third-order valence-electron chi connectivity index (χ3n) is 4.02. The summed E-state index contributed by atoms with van der Waals surface area (Å²) in [7, 11) is 1.78. The van der Waals surface area contributed by atoms with E-state index in [1.807, 2.05) is 0 Å². The van der Waals surface area contributed by atoms with E-state index < -0.39 is 0 Å². The third kappa shape index (κ3) is 11.4. The van der Waals surface area contributed by atoms with Crippen LogP contribution in [0.3, 0.4) is 0 Å². The van der Waals surface area contributed by atoms with Crippen LogP contribution in [0.15, 0.2) is 0 Å². The Morgan fingerprint density at radius 2 is 1.37 bits per heavy atom. The first-order chi connectivity index (χ1) is 9.18. The van der Waals surface area contributed by atoms with E-state index in [4.69, 9.17) is 4.74 Å². The Morgan fingerprint density at radius 1 is 0.842 bits per heavy atom. The van der Waals surface area contributed by atoms with Crippen molar-refractivity contribution in [3.63, 3.8) is 0 Å². The molecule has 0 saturated heterocycles.